The third-order valence-corrected chi connectivity index (χ3v) is 5.05. The van der Waals surface area contributed by atoms with Crippen molar-refractivity contribution in [3.63, 3.8) is 0 Å². The van der Waals surface area contributed by atoms with Crippen LogP contribution >= 0.6 is 0 Å². The van der Waals surface area contributed by atoms with Crippen LogP contribution in [0, 0.1) is 11.8 Å². The van der Waals surface area contributed by atoms with Gasteiger partial charge < -0.3 is 5.73 Å². The van der Waals surface area contributed by atoms with Crippen LogP contribution in [0.15, 0.2) is 42.5 Å². The summed E-state index contributed by atoms with van der Waals surface area (Å²) in [6, 6.07) is 15.6. The van der Waals surface area contributed by atoms with E-state index in [9.17, 15) is 0 Å². The molecule has 1 aliphatic rings. The summed E-state index contributed by atoms with van der Waals surface area (Å²) in [5.41, 5.74) is 7.54. The molecule has 2 aromatic rings. The smallest absolute Gasteiger partial charge is 0.0476 e. The van der Waals surface area contributed by atoms with Gasteiger partial charge in [0.15, 0.2) is 0 Å². The van der Waals surface area contributed by atoms with E-state index in [0.29, 0.717) is 12.6 Å². The lowest BCUT2D eigenvalue weighted by Gasteiger charge is -2.28. The summed E-state index contributed by atoms with van der Waals surface area (Å²) >= 11 is 0. The highest BCUT2D eigenvalue weighted by Crippen LogP contribution is 2.33. The molecule has 21 heavy (non-hydrogen) atoms. The van der Waals surface area contributed by atoms with Crippen molar-refractivity contribution in [2.24, 2.45) is 17.6 Å². The van der Waals surface area contributed by atoms with Gasteiger partial charge in [0.25, 0.3) is 0 Å². The Labute approximate surface area is 127 Å². The van der Waals surface area contributed by atoms with E-state index in [1.807, 2.05) is 0 Å². The molecule has 0 amide bonds. The average molecular weight is 282 g/mol. The molecule has 112 valence electrons. The second-order valence-corrected chi connectivity index (χ2v) is 6.61. The number of likely N-dealkylation sites (tertiary alicyclic amines) is 1. The van der Waals surface area contributed by atoms with Crippen molar-refractivity contribution in [1.29, 1.82) is 0 Å². The minimum absolute atomic E-state index is 0.347. The highest BCUT2D eigenvalue weighted by Gasteiger charge is 2.30. The topological polar surface area (TPSA) is 29.3 Å². The van der Waals surface area contributed by atoms with Crippen LogP contribution in [0.2, 0.25) is 0 Å². The van der Waals surface area contributed by atoms with Crippen molar-refractivity contribution in [3.8, 4) is 0 Å². The lowest BCUT2D eigenvalue weighted by atomic mass is 9.95. The number of rotatable bonds is 4. The summed E-state index contributed by atoms with van der Waals surface area (Å²) in [6.07, 6.45) is 1.30. The Morgan fingerprint density at radius 2 is 1.90 bits per heavy atom. The zero-order chi connectivity index (χ0) is 14.8. The fourth-order valence-electron chi connectivity index (χ4n) is 3.66. The van der Waals surface area contributed by atoms with Gasteiger partial charge in [-0.25, -0.2) is 0 Å². The number of nitrogens with zero attached hydrogens (tertiary/aromatic N) is 1. The average Bonchev–Trinajstić information content (AvgIpc) is 2.98. The van der Waals surface area contributed by atoms with Crippen molar-refractivity contribution >= 4 is 10.8 Å². The van der Waals surface area contributed by atoms with E-state index in [-0.39, 0.29) is 0 Å². The van der Waals surface area contributed by atoms with E-state index in [1.54, 1.807) is 0 Å². The fourth-order valence-corrected chi connectivity index (χ4v) is 3.66. The number of hydrogen-bond donors (Lipinski definition) is 1. The lowest BCUT2D eigenvalue weighted by molar-refractivity contribution is 0.233. The first-order valence-electron chi connectivity index (χ1n) is 8.12. The molecule has 1 fully saturated rings. The fraction of sp³-hybridized carbons (Fsp3) is 0.474. The highest BCUT2D eigenvalue weighted by atomic mass is 15.2. The van der Waals surface area contributed by atoms with Gasteiger partial charge in [0.05, 0.1) is 0 Å². The molecule has 1 aliphatic heterocycles. The molecule has 2 N–H and O–H groups in total. The molecule has 0 saturated carbocycles. The van der Waals surface area contributed by atoms with Crippen molar-refractivity contribution in [2.45, 2.75) is 26.3 Å². The van der Waals surface area contributed by atoms with Gasteiger partial charge in [-0.05, 0) is 41.1 Å². The Bertz CT molecular complexity index is 600. The molecule has 1 heterocycles. The molecular weight excluding hydrogens is 256 g/mol. The monoisotopic (exact) mass is 282 g/mol. The summed E-state index contributed by atoms with van der Waals surface area (Å²) in [5, 5.41) is 2.66. The summed E-state index contributed by atoms with van der Waals surface area (Å²) in [4.78, 5) is 2.59. The van der Waals surface area contributed by atoms with Gasteiger partial charge in [-0.3, -0.25) is 4.90 Å². The third-order valence-electron chi connectivity index (χ3n) is 5.05. The van der Waals surface area contributed by atoms with E-state index in [1.165, 1.54) is 35.8 Å². The molecule has 2 unspecified atom stereocenters. The van der Waals surface area contributed by atoms with Crippen LogP contribution in [0.1, 0.15) is 31.9 Å². The third kappa shape index (κ3) is 2.83. The SMILES string of the molecule is CC(C)C1CCN(C(CN)c2cccc3ccccc23)C1. The number of nitrogens with two attached hydrogens (primary N) is 1. The zero-order valence-corrected chi connectivity index (χ0v) is 13.1. The predicted molar refractivity (Wildman–Crippen MR) is 90.3 cm³/mol. The van der Waals surface area contributed by atoms with E-state index < -0.39 is 0 Å². The molecule has 1 saturated heterocycles. The molecule has 2 atom stereocenters. The normalized spacial score (nSPS) is 21.2. The summed E-state index contributed by atoms with van der Waals surface area (Å²) in [7, 11) is 0. The van der Waals surface area contributed by atoms with Gasteiger partial charge in [-0.15, -0.1) is 0 Å². The van der Waals surface area contributed by atoms with Crippen molar-refractivity contribution < 1.29 is 0 Å². The van der Waals surface area contributed by atoms with Crippen molar-refractivity contribution in [2.75, 3.05) is 19.6 Å². The lowest BCUT2D eigenvalue weighted by Crippen LogP contribution is -2.32. The zero-order valence-electron chi connectivity index (χ0n) is 13.1. The van der Waals surface area contributed by atoms with E-state index in [2.05, 4.69) is 61.2 Å². The molecule has 0 radical (unpaired) electrons. The minimum atomic E-state index is 0.347. The van der Waals surface area contributed by atoms with Gasteiger partial charge >= 0.3 is 0 Å². The maximum Gasteiger partial charge on any atom is 0.0476 e. The summed E-state index contributed by atoms with van der Waals surface area (Å²) < 4.78 is 0. The number of fused-ring (bicyclic) bond motifs is 1. The second kappa shape index (κ2) is 6.17. The van der Waals surface area contributed by atoms with Crippen molar-refractivity contribution in [3.05, 3.63) is 48.0 Å². The number of hydrogen-bond acceptors (Lipinski definition) is 2. The highest BCUT2D eigenvalue weighted by molar-refractivity contribution is 5.86. The standard InChI is InChI=1S/C19H26N2/c1-14(2)16-10-11-21(13-16)19(12-20)18-9-5-7-15-6-3-4-8-17(15)18/h3-9,14,16,19H,10-13,20H2,1-2H3. The van der Waals surface area contributed by atoms with Crippen LogP contribution in [0.4, 0.5) is 0 Å². The Morgan fingerprint density at radius 3 is 2.62 bits per heavy atom. The molecule has 0 aromatic heterocycles. The molecular formula is C19H26N2. The Kier molecular flexibility index (Phi) is 4.27. The maximum atomic E-state index is 6.16. The van der Waals surface area contributed by atoms with Gasteiger partial charge in [0, 0.05) is 19.1 Å². The van der Waals surface area contributed by atoms with Crippen LogP contribution in [0.3, 0.4) is 0 Å². The van der Waals surface area contributed by atoms with Crippen LogP contribution < -0.4 is 5.73 Å². The first-order chi connectivity index (χ1) is 10.2. The largest absolute Gasteiger partial charge is 0.329 e. The molecule has 2 heteroatoms. The Hall–Kier alpha value is -1.38. The first kappa shape index (κ1) is 14.6. The summed E-state index contributed by atoms with van der Waals surface area (Å²) in [5.74, 6) is 1.58. The van der Waals surface area contributed by atoms with Crippen LogP contribution in [0.5, 0.6) is 0 Å². The van der Waals surface area contributed by atoms with E-state index >= 15 is 0 Å². The maximum absolute atomic E-state index is 6.16. The Morgan fingerprint density at radius 1 is 1.14 bits per heavy atom. The molecule has 0 spiro atoms. The molecule has 2 nitrogen and oxygen atoms in total. The summed E-state index contributed by atoms with van der Waals surface area (Å²) in [6.45, 7) is 7.72. The predicted octanol–water partition coefficient (Wildman–Crippen LogP) is 3.82. The molecule has 3 rings (SSSR count). The minimum Gasteiger partial charge on any atom is -0.329 e. The van der Waals surface area contributed by atoms with E-state index in [4.69, 9.17) is 5.73 Å². The van der Waals surface area contributed by atoms with Crippen LogP contribution in [-0.4, -0.2) is 24.5 Å². The van der Waals surface area contributed by atoms with Gasteiger partial charge in [-0.2, -0.15) is 0 Å². The second-order valence-electron chi connectivity index (χ2n) is 6.61. The number of benzene rings is 2. The van der Waals surface area contributed by atoms with E-state index in [0.717, 1.165) is 11.8 Å². The molecule has 0 bridgehead atoms. The van der Waals surface area contributed by atoms with Crippen LogP contribution in [0.25, 0.3) is 10.8 Å². The van der Waals surface area contributed by atoms with Gasteiger partial charge in [0.1, 0.15) is 0 Å². The molecule has 0 aliphatic carbocycles. The van der Waals surface area contributed by atoms with Crippen LogP contribution in [-0.2, 0) is 0 Å². The molecule has 2 aromatic carbocycles. The van der Waals surface area contributed by atoms with Gasteiger partial charge in [-0.1, -0.05) is 56.3 Å². The van der Waals surface area contributed by atoms with Crippen molar-refractivity contribution in [1.82, 2.24) is 4.90 Å². The quantitative estimate of drug-likeness (QED) is 0.923. The Balaban J connectivity index is 1.92. The van der Waals surface area contributed by atoms with Gasteiger partial charge in [0.2, 0.25) is 0 Å². The first-order valence-corrected chi connectivity index (χ1v) is 8.12.